The van der Waals surface area contributed by atoms with Crippen molar-refractivity contribution in [3.05, 3.63) is 0 Å². The molecule has 0 aliphatic rings. The van der Waals surface area contributed by atoms with Crippen LogP contribution in [0.4, 0.5) is 0 Å². The first-order valence-corrected chi connectivity index (χ1v) is 17.4. The average molecular weight is 678 g/mol. The number of primary amides is 1. The maximum Gasteiger partial charge on any atom is 0.245 e. The van der Waals surface area contributed by atoms with Crippen LogP contribution in [0.5, 0.6) is 0 Å². The number of unbranched alkanes of at least 4 members (excludes halogenated alkanes) is 2. The molecule has 274 valence electrons. The van der Waals surface area contributed by atoms with Crippen molar-refractivity contribution < 1.29 is 28.8 Å². The van der Waals surface area contributed by atoms with E-state index in [9.17, 15) is 28.8 Å². The van der Waals surface area contributed by atoms with E-state index in [1.807, 2.05) is 48.5 Å². The Bertz CT molecular complexity index is 1140. The van der Waals surface area contributed by atoms with Crippen LogP contribution in [0.3, 0.4) is 0 Å². The minimum atomic E-state index is -1.01. The van der Waals surface area contributed by atoms with E-state index < -0.39 is 59.7 Å². The Kier molecular flexibility index (Phi) is 19.7. The molecule has 13 nitrogen and oxygen atoms in total. The number of amides is 6. The molecule has 2 unspecified atom stereocenters. The van der Waals surface area contributed by atoms with E-state index in [4.69, 9.17) is 11.0 Å². The molecule has 0 bridgehead atoms. The average Bonchev–Trinajstić information content (AvgIpc) is 3.02. The minimum Gasteiger partial charge on any atom is -0.368 e. The van der Waals surface area contributed by atoms with Crippen LogP contribution >= 0.6 is 0 Å². The van der Waals surface area contributed by atoms with Crippen molar-refractivity contribution in [2.45, 2.75) is 138 Å². The van der Waals surface area contributed by atoms with E-state index in [0.29, 0.717) is 32.1 Å². The minimum absolute atomic E-state index is 0.193. The molecular formula is C35H63N7O6. The summed E-state index contributed by atoms with van der Waals surface area (Å²) in [7, 11) is 3.09. The Morgan fingerprint density at radius 3 is 1.62 bits per heavy atom. The quantitative estimate of drug-likeness (QED) is 0.134. The molecule has 0 aliphatic heterocycles. The number of rotatable bonds is 21. The number of nitrogens with two attached hydrogens (primary N) is 1. The van der Waals surface area contributed by atoms with E-state index in [0.717, 1.165) is 6.42 Å². The summed E-state index contributed by atoms with van der Waals surface area (Å²) in [6.07, 6.45) is 3.55. The molecule has 13 heteroatoms. The standard InChI is InChI=1S/C35H63N7O6/c1-13-22(7)27(35(48)42(12)29(23(8)14-2)33(46)38-25(10)30(37)43)40-31(44)26(20(3)4)39-32(45)28(21(5)6)41(11)34(47)24(9)18-16-15-17-19-36/h20-29H,13-18H2,1-12H3,(H2,37,43)(H,38,46)(H,39,45)(H,40,44)/t22?,23?,24-,25+,26+,27+,28+,29+/m1/s1. The summed E-state index contributed by atoms with van der Waals surface area (Å²) in [6.45, 7) is 17.9. The van der Waals surface area contributed by atoms with Crippen molar-refractivity contribution in [1.82, 2.24) is 25.8 Å². The third-order valence-corrected chi connectivity index (χ3v) is 9.29. The van der Waals surface area contributed by atoms with Gasteiger partial charge >= 0.3 is 0 Å². The van der Waals surface area contributed by atoms with Crippen LogP contribution in [-0.4, -0.2) is 89.5 Å². The summed E-state index contributed by atoms with van der Waals surface area (Å²) in [5.41, 5.74) is 5.34. The van der Waals surface area contributed by atoms with Crippen LogP contribution in [0.25, 0.3) is 0 Å². The summed E-state index contributed by atoms with van der Waals surface area (Å²) >= 11 is 0. The third kappa shape index (κ3) is 13.1. The zero-order valence-corrected chi connectivity index (χ0v) is 31.4. The Balaban J connectivity index is 6.17. The highest BCUT2D eigenvalue weighted by molar-refractivity contribution is 5.96. The summed E-state index contributed by atoms with van der Waals surface area (Å²) < 4.78 is 0. The van der Waals surface area contributed by atoms with Crippen LogP contribution in [-0.2, 0) is 28.8 Å². The van der Waals surface area contributed by atoms with Crippen molar-refractivity contribution in [2.75, 3.05) is 14.1 Å². The topological polar surface area (TPSA) is 195 Å². The Morgan fingerprint density at radius 2 is 1.17 bits per heavy atom. The SMILES string of the molecule is CCC(C)[C@H](NC(=O)[C@@H](NC(=O)[C@H](C(C)C)N(C)C(=O)[C@H](C)CCCCC#N)C(C)C)C(=O)N(C)[C@H](C(=O)N[C@@H](C)C(N)=O)C(C)CC. The zero-order valence-electron chi connectivity index (χ0n) is 31.4. The Morgan fingerprint density at radius 1 is 0.667 bits per heavy atom. The van der Waals surface area contributed by atoms with Gasteiger partial charge in [0.15, 0.2) is 0 Å². The fraction of sp³-hybridized carbons (Fsp3) is 0.800. The van der Waals surface area contributed by atoms with Crippen LogP contribution in [0.1, 0.15) is 108 Å². The van der Waals surface area contributed by atoms with E-state index >= 15 is 0 Å². The lowest BCUT2D eigenvalue weighted by atomic mass is 9.92. The van der Waals surface area contributed by atoms with Gasteiger partial charge in [-0.05, 0) is 43.4 Å². The second-order valence-electron chi connectivity index (χ2n) is 14.0. The molecule has 0 aliphatic carbocycles. The summed E-state index contributed by atoms with van der Waals surface area (Å²) in [6, 6.07) is -2.63. The lowest BCUT2D eigenvalue weighted by Gasteiger charge is -2.37. The molecule has 8 atom stereocenters. The van der Waals surface area contributed by atoms with Gasteiger partial charge in [-0.25, -0.2) is 0 Å². The molecule has 0 radical (unpaired) electrons. The van der Waals surface area contributed by atoms with Crippen LogP contribution < -0.4 is 21.7 Å². The number of likely N-dealkylation sites (N-methyl/N-ethyl adjacent to an activating group) is 2. The van der Waals surface area contributed by atoms with Crippen molar-refractivity contribution in [3.8, 4) is 6.07 Å². The van der Waals surface area contributed by atoms with Gasteiger partial charge in [0.25, 0.3) is 0 Å². The van der Waals surface area contributed by atoms with Gasteiger partial charge in [0.2, 0.25) is 35.4 Å². The molecule has 0 aromatic carbocycles. The van der Waals surface area contributed by atoms with E-state index in [1.54, 1.807) is 20.9 Å². The molecule has 0 spiro atoms. The van der Waals surface area contributed by atoms with Crippen LogP contribution in [0.15, 0.2) is 0 Å². The Hall–Kier alpha value is -3.69. The number of nitrogens with one attached hydrogen (secondary N) is 3. The predicted octanol–water partition coefficient (Wildman–Crippen LogP) is 2.72. The summed E-state index contributed by atoms with van der Waals surface area (Å²) in [5, 5.41) is 17.1. The largest absolute Gasteiger partial charge is 0.368 e. The number of carbonyl (C=O) groups excluding carboxylic acids is 6. The van der Waals surface area contributed by atoms with Crippen molar-refractivity contribution in [2.24, 2.45) is 35.3 Å². The summed E-state index contributed by atoms with van der Waals surface area (Å²) in [5.74, 6) is -4.49. The summed E-state index contributed by atoms with van der Waals surface area (Å²) in [4.78, 5) is 82.5. The third-order valence-electron chi connectivity index (χ3n) is 9.29. The number of nitriles is 1. The lowest BCUT2D eigenvalue weighted by molar-refractivity contribution is -0.146. The highest BCUT2D eigenvalue weighted by atomic mass is 16.2. The van der Waals surface area contributed by atoms with Crippen molar-refractivity contribution in [1.29, 1.82) is 5.26 Å². The number of hydrogen-bond donors (Lipinski definition) is 4. The molecule has 0 saturated carbocycles. The molecule has 6 amide bonds. The molecule has 0 fully saturated rings. The maximum atomic E-state index is 14.0. The fourth-order valence-corrected chi connectivity index (χ4v) is 5.65. The van der Waals surface area contributed by atoms with E-state index in [1.165, 1.54) is 23.8 Å². The van der Waals surface area contributed by atoms with Crippen molar-refractivity contribution in [3.63, 3.8) is 0 Å². The monoisotopic (exact) mass is 677 g/mol. The molecule has 5 N–H and O–H groups in total. The normalized spacial score (nSPS) is 16.3. The first-order valence-electron chi connectivity index (χ1n) is 17.4. The van der Waals surface area contributed by atoms with Gasteiger partial charge in [-0.2, -0.15) is 5.26 Å². The second-order valence-corrected chi connectivity index (χ2v) is 14.0. The number of carbonyl (C=O) groups is 6. The molecule has 0 saturated heterocycles. The predicted molar refractivity (Wildman–Crippen MR) is 186 cm³/mol. The van der Waals surface area contributed by atoms with Gasteiger partial charge in [-0.1, -0.05) is 81.6 Å². The van der Waals surface area contributed by atoms with Gasteiger partial charge in [0, 0.05) is 26.4 Å². The highest BCUT2D eigenvalue weighted by Gasteiger charge is 2.40. The van der Waals surface area contributed by atoms with Gasteiger partial charge in [0.05, 0.1) is 6.07 Å². The van der Waals surface area contributed by atoms with Gasteiger partial charge in [-0.3, -0.25) is 28.8 Å². The van der Waals surface area contributed by atoms with Crippen LogP contribution in [0.2, 0.25) is 0 Å². The lowest BCUT2D eigenvalue weighted by Crippen LogP contribution is -2.62. The van der Waals surface area contributed by atoms with E-state index in [2.05, 4.69) is 22.0 Å². The molecule has 48 heavy (non-hydrogen) atoms. The highest BCUT2D eigenvalue weighted by Crippen LogP contribution is 2.20. The molecule has 0 rings (SSSR count). The number of hydrogen-bond acceptors (Lipinski definition) is 7. The molecular weight excluding hydrogens is 614 g/mol. The Labute approximate surface area is 288 Å². The first kappa shape index (κ1) is 44.3. The number of nitrogens with zero attached hydrogens (tertiary/aromatic N) is 3. The smallest absolute Gasteiger partial charge is 0.245 e. The maximum absolute atomic E-state index is 14.0. The van der Waals surface area contributed by atoms with Gasteiger partial charge < -0.3 is 31.5 Å². The zero-order chi connectivity index (χ0) is 37.5. The van der Waals surface area contributed by atoms with Crippen molar-refractivity contribution >= 4 is 35.4 Å². The molecule has 0 aromatic heterocycles. The van der Waals surface area contributed by atoms with Gasteiger partial charge in [-0.15, -0.1) is 0 Å². The van der Waals surface area contributed by atoms with Gasteiger partial charge in [0.1, 0.15) is 30.2 Å². The molecule has 0 heterocycles. The molecule has 0 aromatic rings. The second kappa shape index (κ2) is 21.3. The van der Waals surface area contributed by atoms with Crippen LogP contribution in [0, 0.1) is 40.9 Å². The van der Waals surface area contributed by atoms with E-state index in [-0.39, 0.29) is 35.5 Å². The first-order chi connectivity index (χ1) is 22.3. The fourth-order valence-electron chi connectivity index (χ4n) is 5.65.